The molecular weight excluding hydrogens is 372 g/mol. The van der Waals surface area contributed by atoms with Gasteiger partial charge in [-0.2, -0.15) is 5.10 Å². The molecule has 1 atom stereocenters. The van der Waals surface area contributed by atoms with Crippen molar-refractivity contribution in [3.8, 4) is 0 Å². The highest BCUT2D eigenvalue weighted by Crippen LogP contribution is 2.27. The van der Waals surface area contributed by atoms with Crippen molar-refractivity contribution in [3.63, 3.8) is 0 Å². The van der Waals surface area contributed by atoms with Gasteiger partial charge in [-0.25, -0.2) is 0 Å². The van der Waals surface area contributed by atoms with Crippen LogP contribution in [0, 0.1) is 0 Å². The monoisotopic (exact) mass is 404 g/mol. The Balaban J connectivity index is 1.74. The van der Waals surface area contributed by atoms with Crippen molar-refractivity contribution < 1.29 is 14.4 Å². The molecule has 3 rings (SSSR count). The third kappa shape index (κ3) is 4.44. The zero-order valence-electron chi connectivity index (χ0n) is 17.8. The minimum atomic E-state index is -1.05. The van der Waals surface area contributed by atoms with Gasteiger partial charge in [-0.15, -0.1) is 0 Å². The maximum atomic E-state index is 13.1. The summed E-state index contributed by atoms with van der Waals surface area (Å²) >= 11 is 0. The van der Waals surface area contributed by atoms with E-state index in [9.17, 15) is 14.4 Å². The van der Waals surface area contributed by atoms with Crippen LogP contribution < -0.4 is 10.6 Å². The van der Waals surface area contributed by atoms with Gasteiger partial charge in [-0.3, -0.25) is 19.1 Å². The van der Waals surface area contributed by atoms with Gasteiger partial charge < -0.3 is 20.4 Å². The van der Waals surface area contributed by atoms with Gasteiger partial charge in [-0.1, -0.05) is 19.3 Å². The van der Waals surface area contributed by atoms with Crippen LogP contribution in [0.2, 0.25) is 0 Å². The van der Waals surface area contributed by atoms with Crippen molar-refractivity contribution in [1.82, 2.24) is 30.2 Å². The minimum Gasteiger partial charge on any atom is -0.351 e. The summed E-state index contributed by atoms with van der Waals surface area (Å²) in [4.78, 5) is 41.8. The number of aromatic nitrogens is 2. The average molecular weight is 405 g/mol. The first-order valence-electron chi connectivity index (χ1n) is 10.3. The van der Waals surface area contributed by atoms with Crippen LogP contribution in [-0.2, 0) is 11.3 Å². The molecule has 0 spiro atoms. The van der Waals surface area contributed by atoms with Crippen molar-refractivity contribution in [3.05, 3.63) is 17.5 Å². The molecule has 9 heteroatoms. The summed E-state index contributed by atoms with van der Waals surface area (Å²) in [7, 11) is 5.49. The molecule has 0 aromatic carbocycles. The summed E-state index contributed by atoms with van der Waals surface area (Å²) in [6.07, 6.45) is 5.39. The van der Waals surface area contributed by atoms with Crippen LogP contribution in [0.3, 0.4) is 0 Å². The second kappa shape index (κ2) is 8.52. The molecule has 0 radical (unpaired) electrons. The Kier molecular flexibility index (Phi) is 6.26. The van der Waals surface area contributed by atoms with Crippen molar-refractivity contribution in [2.45, 2.75) is 57.2 Å². The Morgan fingerprint density at radius 2 is 1.97 bits per heavy atom. The Hall–Kier alpha value is -2.42. The van der Waals surface area contributed by atoms with E-state index >= 15 is 0 Å². The van der Waals surface area contributed by atoms with E-state index in [1.807, 2.05) is 19.0 Å². The third-order valence-electron chi connectivity index (χ3n) is 6.01. The molecule has 2 aliphatic rings. The first-order chi connectivity index (χ1) is 13.7. The number of nitrogens with one attached hydrogen (secondary N) is 2. The largest absolute Gasteiger partial charge is 0.351 e. The third-order valence-corrected chi connectivity index (χ3v) is 6.01. The smallest absolute Gasteiger partial charge is 0.272 e. The van der Waals surface area contributed by atoms with Crippen LogP contribution in [0.5, 0.6) is 0 Å². The molecule has 1 aromatic rings. The Morgan fingerprint density at radius 3 is 2.62 bits per heavy atom. The molecular formula is C20H32N6O3. The lowest BCUT2D eigenvalue weighted by Gasteiger charge is -2.41. The summed E-state index contributed by atoms with van der Waals surface area (Å²) in [6.45, 7) is 3.17. The van der Waals surface area contributed by atoms with E-state index in [1.165, 1.54) is 22.1 Å². The molecule has 0 unspecified atom stereocenters. The van der Waals surface area contributed by atoms with Crippen molar-refractivity contribution in [2.24, 2.45) is 0 Å². The van der Waals surface area contributed by atoms with Gasteiger partial charge >= 0.3 is 0 Å². The average Bonchev–Trinajstić information content (AvgIpc) is 3.10. The van der Waals surface area contributed by atoms with Crippen molar-refractivity contribution >= 4 is 17.7 Å². The molecule has 160 valence electrons. The first-order valence-corrected chi connectivity index (χ1v) is 10.3. The lowest BCUT2D eigenvalue weighted by Crippen LogP contribution is -2.63. The fraction of sp³-hybridized carbons (Fsp3) is 0.700. The Morgan fingerprint density at radius 1 is 1.28 bits per heavy atom. The molecule has 1 aliphatic heterocycles. The Bertz CT molecular complexity index is 783. The summed E-state index contributed by atoms with van der Waals surface area (Å²) in [5.41, 5.74) is -0.530. The fourth-order valence-corrected chi connectivity index (χ4v) is 3.91. The molecule has 0 bridgehead atoms. The molecule has 1 aliphatic carbocycles. The van der Waals surface area contributed by atoms with Crippen LogP contribution in [0.25, 0.3) is 0 Å². The van der Waals surface area contributed by atoms with Crippen LogP contribution in [0.15, 0.2) is 6.07 Å². The summed E-state index contributed by atoms with van der Waals surface area (Å²) in [6, 6.07) is 1.66. The summed E-state index contributed by atoms with van der Waals surface area (Å²) in [5, 5.41) is 10.2. The summed E-state index contributed by atoms with van der Waals surface area (Å²) < 4.78 is 1.49. The summed E-state index contributed by atoms with van der Waals surface area (Å²) in [5.74, 6) is -0.798. The number of carbonyl (C=O) groups excluding carboxylic acids is 3. The molecule has 2 N–H and O–H groups in total. The number of hydrogen-bond donors (Lipinski definition) is 2. The highest BCUT2D eigenvalue weighted by molar-refractivity contribution is 6.01. The number of nitrogens with zero attached hydrogens (tertiary/aromatic N) is 4. The normalized spacial score (nSPS) is 22.5. The van der Waals surface area contributed by atoms with E-state index in [-0.39, 0.29) is 36.0 Å². The predicted molar refractivity (Wildman–Crippen MR) is 109 cm³/mol. The van der Waals surface area contributed by atoms with Crippen LogP contribution in [0.1, 0.15) is 60.0 Å². The van der Waals surface area contributed by atoms with Crippen molar-refractivity contribution in [2.75, 3.05) is 34.2 Å². The molecule has 9 nitrogen and oxygen atoms in total. The number of rotatable bonds is 6. The van der Waals surface area contributed by atoms with E-state index in [0.717, 1.165) is 25.7 Å². The standard InChI is InChI=1S/C20H32N6O3/c1-20(19(29)22-14-8-6-5-7-9-14)13-26-16(18(28)25(20)4)12-15(23-26)17(27)21-10-11-24(2)3/h12,14H,5-11,13H2,1-4H3,(H,21,27)(H,22,29)/t20-/m0/s1. The van der Waals surface area contributed by atoms with Crippen LogP contribution in [-0.4, -0.2) is 83.1 Å². The van der Waals surface area contributed by atoms with Gasteiger partial charge in [0, 0.05) is 32.2 Å². The highest BCUT2D eigenvalue weighted by Gasteiger charge is 2.46. The van der Waals surface area contributed by atoms with Crippen molar-refractivity contribution in [1.29, 1.82) is 0 Å². The molecule has 1 aromatic heterocycles. The van der Waals surface area contributed by atoms with E-state index in [1.54, 1.807) is 14.0 Å². The molecule has 3 amide bonds. The molecule has 0 saturated heterocycles. The van der Waals surface area contributed by atoms with E-state index in [2.05, 4.69) is 15.7 Å². The van der Waals surface area contributed by atoms with Crippen LogP contribution >= 0.6 is 0 Å². The predicted octanol–water partition coefficient (Wildman–Crippen LogP) is 0.468. The maximum absolute atomic E-state index is 13.1. The van der Waals surface area contributed by atoms with E-state index in [4.69, 9.17) is 0 Å². The lowest BCUT2D eigenvalue weighted by atomic mass is 9.92. The quantitative estimate of drug-likeness (QED) is 0.718. The Labute approximate surface area is 171 Å². The second-order valence-corrected chi connectivity index (χ2v) is 8.58. The second-order valence-electron chi connectivity index (χ2n) is 8.58. The molecule has 2 heterocycles. The van der Waals surface area contributed by atoms with E-state index in [0.29, 0.717) is 18.8 Å². The SMILES string of the molecule is CN(C)CCNC(=O)c1cc2n(n1)C[C@@](C)(C(=O)NC1CCCCC1)N(C)C2=O. The topological polar surface area (TPSA) is 99.6 Å². The molecule has 1 saturated carbocycles. The zero-order chi connectivity index (χ0) is 21.2. The number of likely N-dealkylation sites (N-methyl/N-ethyl adjacent to an activating group) is 2. The van der Waals surface area contributed by atoms with Gasteiger partial charge in [0.15, 0.2) is 5.69 Å². The van der Waals surface area contributed by atoms with Gasteiger partial charge in [0.1, 0.15) is 11.2 Å². The first kappa shape index (κ1) is 21.3. The minimum absolute atomic E-state index is 0.161. The molecule has 29 heavy (non-hydrogen) atoms. The fourth-order valence-electron chi connectivity index (χ4n) is 3.91. The zero-order valence-corrected chi connectivity index (χ0v) is 17.8. The maximum Gasteiger partial charge on any atom is 0.272 e. The van der Waals surface area contributed by atoms with Gasteiger partial charge in [-0.05, 0) is 33.9 Å². The highest BCUT2D eigenvalue weighted by atomic mass is 16.2. The van der Waals surface area contributed by atoms with Crippen LogP contribution in [0.4, 0.5) is 0 Å². The van der Waals surface area contributed by atoms with Gasteiger partial charge in [0.2, 0.25) is 5.91 Å². The number of carbonyl (C=O) groups is 3. The number of fused-ring (bicyclic) bond motifs is 1. The van der Waals surface area contributed by atoms with E-state index < -0.39 is 5.54 Å². The van der Waals surface area contributed by atoms with Gasteiger partial charge in [0.05, 0.1) is 6.54 Å². The lowest BCUT2D eigenvalue weighted by molar-refractivity contribution is -0.133. The number of hydrogen-bond acceptors (Lipinski definition) is 5. The van der Waals surface area contributed by atoms with Gasteiger partial charge in [0.25, 0.3) is 11.8 Å². The molecule has 1 fully saturated rings. The number of amides is 3.